The highest BCUT2D eigenvalue weighted by molar-refractivity contribution is 6.31. The van der Waals surface area contributed by atoms with Crippen molar-refractivity contribution in [3.63, 3.8) is 0 Å². The van der Waals surface area contributed by atoms with Crippen molar-refractivity contribution in [2.24, 2.45) is 5.73 Å². The van der Waals surface area contributed by atoms with Gasteiger partial charge in [-0.25, -0.2) is 0 Å². The third-order valence-corrected chi connectivity index (χ3v) is 3.32. The van der Waals surface area contributed by atoms with E-state index in [4.69, 9.17) is 22.1 Å². The van der Waals surface area contributed by atoms with Crippen LogP contribution in [0.1, 0.15) is 5.56 Å². The van der Waals surface area contributed by atoms with E-state index < -0.39 is 0 Å². The first-order chi connectivity index (χ1) is 8.78. The Morgan fingerprint density at radius 3 is 3.06 bits per heavy atom. The summed E-state index contributed by atoms with van der Waals surface area (Å²) in [6, 6.07) is 7.76. The van der Waals surface area contributed by atoms with Crippen LogP contribution in [-0.2, 0) is 6.42 Å². The normalized spacial score (nSPS) is 17.3. The van der Waals surface area contributed by atoms with Crippen molar-refractivity contribution in [3.8, 4) is 16.9 Å². The van der Waals surface area contributed by atoms with E-state index >= 15 is 0 Å². The number of nitrogens with two attached hydrogens (primary N) is 1. The Balaban J connectivity index is 2.12. The van der Waals surface area contributed by atoms with E-state index in [1.165, 1.54) is 0 Å². The zero-order valence-corrected chi connectivity index (χ0v) is 10.5. The van der Waals surface area contributed by atoms with E-state index in [1.807, 2.05) is 30.5 Å². The second-order valence-corrected chi connectivity index (χ2v) is 4.80. The van der Waals surface area contributed by atoms with Crippen molar-refractivity contribution in [1.29, 1.82) is 0 Å². The molecule has 2 heterocycles. The summed E-state index contributed by atoms with van der Waals surface area (Å²) >= 11 is 6.16. The van der Waals surface area contributed by atoms with Gasteiger partial charge in [0.05, 0.1) is 0 Å². The largest absolute Gasteiger partial charge is 0.488 e. The molecule has 0 amide bonds. The van der Waals surface area contributed by atoms with Gasteiger partial charge in [0.1, 0.15) is 11.9 Å². The summed E-state index contributed by atoms with van der Waals surface area (Å²) in [6.07, 6.45) is 4.43. The van der Waals surface area contributed by atoms with Crippen LogP contribution in [0.4, 0.5) is 0 Å². The molecule has 0 bridgehead atoms. The van der Waals surface area contributed by atoms with E-state index in [9.17, 15) is 0 Å². The quantitative estimate of drug-likeness (QED) is 0.903. The van der Waals surface area contributed by atoms with Gasteiger partial charge in [0.2, 0.25) is 0 Å². The minimum Gasteiger partial charge on any atom is -0.488 e. The second kappa shape index (κ2) is 4.59. The van der Waals surface area contributed by atoms with Gasteiger partial charge >= 0.3 is 0 Å². The lowest BCUT2D eigenvalue weighted by Gasteiger charge is -2.11. The number of fused-ring (bicyclic) bond motifs is 1. The lowest BCUT2D eigenvalue weighted by atomic mass is 10.0. The zero-order valence-electron chi connectivity index (χ0n) is 9.77. The molecule has 1 aliphatic heterocycles. The van der Waals surface area contributed by atoms with Crippen LogP contribution in [0, 0.1) is 0 Å². The summed E-state index contributed by atoms with van der Waals surface area (Å²) in [6.45, 7) is 0.513. The SMILES string of the molecule is NC[C@H]1Cc2cc(Cl)cc(-c3cccnc3)c2O1. The van der Waals surface area contributed by atoms with E-state index in [0.29, 0.717) is 11.6 Å². The molecule has 0 fully saturated rings. The lowest BCUT2D eigenvalue weighted by molar-refractivity contribution is 0.242. The van der Waals surface area contributed by atoms with Crippen LogP contribution in [0.3, 0.4) is 0 Å². The summed E-state index contributed by atoms with van der Waals surface area (Å²) in [4.78, 5) is 4.13. The number of hydrogen-bond donors (Lipinski definition) is 1. The molecule has 1 aliphatic rings. The Kier molecular flexibility index (Phi) is 2.94. The minimum absolute atomic E-state index is 0.0499. The first-order valence-corrected chi connectivity index (χ1v) is 6.25. The first kappa shape index (κ1) is 11.5. The van der Waals surface area contributed by atoms with Gasteiger partial charge in [-0.1, -0.05) is 17.7 Å². The third kappa shape index (κ3) is 1.96. The molecule has 3 nitrogen and oxygen atoms in total. The van der Waals surface area contributed by atoms with Crippen molar-refractivity contribution >= 4 is 11.6 Å². The molecule has 2 N–H and O–H groups in total. The molecule has 0 aliphatic carbocycles. The minimum atomic E-state index is 0.0499. The van der Waals surface area contributed by atoms with Gasteiger partial charge in [-0.3, -0.25) is 4.98 Å². The Morgan fingerprint density at radius 2 is 2.33 bits per heavy atom. The highest BCUT2D eigenvalue weighted by Gasteiger charge is 2.25. The highest BCUT2D eigenvalue weighted by atomic mass is 35.5. The Hall–Kier alpha value is -1.58. The van der Waals surface area contributed by atoms with Crippen LogP contribution in [0.25, 0.3) is 11.1 Å². The Labute approximate surface area is 111 Å². The topological polar surface area (TPSA) is 48.1 Å². The van der Waals surface area contributed by atoms with E-state index in [2.05, 4.69) is 4.98 Å². The summed E-state index contributed by atoms with van der Waals surface area (Å²) in [5.41, 5.74) is 8.79. The zero-order chi connectivity index (χ0) is 12.5. The van der Waals surface area contributed by atoms with Crippen LogP contribution >= 0.6 is 11.6 Å². The number of pyridine rings is 1. The van der Waals surface area contributed by atoms with Crippen LogP contribution < -0.4 is 10.5 Å². The third-order valence-electron chi connectivity index (χ3n) is 3.10. The van der Waals surface area contributed by atoms with Crippen molar-refractivity contribution in [3.05, 3.63) is 47.2 Å². The molecule has 1 atom stereocenters. The molecule has 2 aromatic rings. The molecule has 4 heteroatoms. The summed E-state index contributed by atoms with van der Waals surface area (Å²) in [5.74, 6) is 0.892. The second-order valence-electron chi connectivity index (χ2n) is 4.36. The predicted molar refractivity (Wildman–Crippen MR) is 71.9 cm³/mol. The molecule has 0 radical (unpaired) electrons. The average molecular weight is 261 g/mol. The Bertz CT molecular complexity index is 572. The van der Waals surface area contributed by atoms with E-state index in [1.54, 1.807) is 6.20 Å². The highest BCUT2D eigenvalue weighted by Crippen LogP contribution is 2.40. The van der Waals surface area contributed by atoms with Gasteiger partial charge in [0.15, 0.2) is 0 Å². The van der Waals surface area contributed by atoms with Crippen LogP contribution in [-0.4, -0.2) is 17.6 Å². The molecular weight excluding hydrogens is 248 g/mol. The van der Waals surface area contributed by atoms with Crippen LogP contribution in [0.2, 0.25) is 5.02 Å². The summed E-state index contributed by atoms with van der Waals surface area (Å²) < 4.78 is 5.89. The average Bonchev–Trinajstić information content (AvgIpc) is 2.81. The number of benzene rings is 1. The van der Waals surface area contributed by atoms with Gasteiger partial charge in [-0.15, -0.1) is 0 Å². The fraction of sp³-hybridized carbons (Fsp3) is 0.214. The Morgan fingerprint density at radius 1 is 1.44 bits per heavy atom. The first-order valence-electron chi connectivity index (χ1n) is 5.87. The molecule has 0 saturated heterocycles. The maximum atomic E-state index is 6.16. The van der Waals surface area contributed by atoms with Gasteiger partial charge < -0.3 is 10.5 Å². The fourth-order valence-electron chi connectivity index (χ4n) is 2.26. The molecule has 0 unspecified atom stereocenters. The number of hydrogen-bond acceptors (Lipinski definition) is 3. The maximum absolute atomic E-state index is 6.16. The van der Waals surface area contributed by atoms with Gasteiger partial charge in [0.25, 0.3) is 0 Å². The number of ether oxygens (including phenoxy) is 1. The number of rotatable bonds is 2. The van der Waals surface area contributed by atoms with E-state index in [-0.39, 0.29) is 6.10 Å². The molecule has 0 saturated carbocycles. The number of aromatic nitrogens is 1. The lowest BCUT2D eigenvalue weighted by Crippen LogP contribution is -2.24. The van der Waals surface area contributed by atoms with Gasteiger partial charge in [-0.05, 0) is 23.8 Å². The van der Waals surface area contributed by atoms with Crippen LogP contribution in [0.15, 0.2) is 36.7 Å². The predicted octanol–water partition coefficient (Wildman–Crippen LogP) is 2.66. The smallest absolute Gasteiger partial charge is 0.131 e. The summed E-state index contributed by atoms with van der Waals surface area (Å²) in [5, 5.41) is 0.717. The molecule has 92 valence electrons. The molecular formula is C14H13ClN2O. The number of nitrogens with zero attached hydrogens (tertiary/aromatic N) is 1. The monoisotopic (exact) mass is 260 g/mol. The molecule has 3 rings (SSSR count). The molecule has 1 aromatic carbocycles. The van der Waals surface area contributed by atoms with Crippen LogP contribution in [0.5, 0.6) is 5.75 Å². The number of halogens is 1. The summed E-state index contributed by atoms with van der Waals surface area (Å²) in [7, 11) is 0. The van der Waals surface area contributed by atoms with Crippen molar-refractivity contribution in [2.75, 3.05) is 6.54 Å². The van der Waals surface area contributed by atoms with E-state index in [0.717, 1.165) is 28.9 Å². The molecule has 1 aromatic heterocycles. The van der Waals surface area contributed by atoms with Gasteiger partial charge in [-0.2, -0.15) is 0 Å². The standard InChI is InChI=1S/C14H13ClN2O/c15-11-4-10-5-12(7-16)18-14(10)13(6-11)9-2-1-3-17-8-9/h1-4,6,8,12H,5,7,16H2/t12-/m1/s1. The van der Waals surface area contributed by atoms with Crippen molar-refractivity contribution in [1.82, 2.24) is 4.98 Å². The molecule has 18 heavy (non-hydrogen) atoms. The van der Waals surface area contributed by atoms with Crippen molar-refractivity contribution < 1.29 is 4.74 Å². The van der Waals surface area contributed by atoms with Crippen molar-refractivity contribution in [2.45, 2.75) is 12.5 Å². The fourth-order valence-corrected chi connectivity index (χ4v) is 2.50. The maximum Gasteiger partial charge on any atom is 0.131 e. The van der Waals surface area contributed by atoms with Gasteiger partial charge in [0, 0.05) is 41.5 Å². The molecule has 0 spiro atoms.